The second-order valence-electron chi connectivity index (χ2n) is 3.80. The molecule has 3 N–H and O–H groups in total. The first-order valence-electron chi connectivity index (χ1n) is 4.36. The molecule has 0 bridgehead atoms. The van der Waals surface area contributed by atoms with Gasteiger partial charge < -0.3 is 11.1 Å². The lowest BCUT2D eigenvalue weighted by Crippen LogP contribution is -2.45. The largest absolute Gasteiger partial charge is 0.323 e. The van der Waals surface area contributed by atoms with Gasteiger partial charge in [0.25, 0.3) is 0 Å². The van der Waals surface area contributed by atoms with E-state index in [0.717, 1.165) is 4.47 Å². The van der Waals surface area contributed by atoms with Gasteiger partial charge in [-0.15, -0.1) is 0 Å². The summed E-state index contributed by atoms with van der Waals surface area (Å²) in [5, 5.41) is 3.15. The van der Waals surface area contributed by atoms with Crippen molar-refractivity contribution in [2.45, 2.75) is 19.4 Å². The molecule has 0 aliphatic heterocycles. The summed E-state index contributed by atoms with van der Waals surface area (Å²) >= 11 is 9.21. The molecule has 1 aromatic carbocycles. The average Bonchev–Trinajstić information content (AvgIpc) is 2.09. The molecule has 1 amide bonds. The quantitative estimate of drug-likeness (QED) is 0.880. The SMILES string of the molecule is CC(C)(N)C(=O)Nc1cc(Br)ccc1Cl. The third-order valence-corrected chi connectivity index (χ3v) is 2.58. The van der Waals surface area contributed by atoms with Crippen LogP contribution in [0.4, 0.5) is 5.69 Å². The lowest BCUT2D eigenvalue weighted by atomic mass is 10.1. The number of carbonyl (C=O) groups excluding carboxylic acids is 1. The molecule has 5 heteroatoms. The van der Waals surface area contributed by atoms with Gasteiger partial charge in [0.05, 0.1) is 16.2 Å². The van der Waals surface area contributed by atoms with Gasteiger partial charge in [0.2, 0.25) is 5.91 Å². The van der Waals surface area contributed by atoms with E-state index >= 15 is 0 Å². The fourth-order valence-electron chi connectivity index (χ4n) is 0.877. The van der Waals surface area contributed by atoms with Gasteiger partial charge in [0, 0.05) is 4.47 Å². The molecule has 1 aromatic rings. The number of nitrogens with one attached hydrogen (secondary N) is 1. The Morgan fingerprint density at radius 2 is 2.13 bits per heavy atom. The minimum atomic E-state index is -0.925. The fraction of sp³-hybridized carbons (Fsp3) is 0.300. The molecule has 1 rings (SSSR count). The summed E-state index contributed by atoms with van der Waals surface area (Å²) in [6.45, 7) is 3.27. The molecule has 0 fully saturated rings. The molecule has 0 unspecified atom stereocenters. The van der Waals surface area contributed by atoms with E-state index in [9.17, 15) is 4.79 Å². The highest BCUT2D eigenvalue weighted by Crippen LogP contribution is 2.26. The van der Waals surface area contributed by atoms with Crippen molar-refractivity contribution in [3.8, 4) is 0 Å². The Labute approximate surface area is 102 Å². The Morgan fingerprint density at radius 1 is 1.53 bits per heavy atom. The van der Waals surface area contributed by atoms with Crippen LogP contribution in [-0.2, 0) is 4.79 Å². The van der Waals surface area contributed by atoms with Crippen molar-refractivity contribution in [1.29, 1.82) is 0 Å². The lowest BCUT2D eigenvalue weighted by molar-refractivity contribution is -0.120. The van der Waals surface area contributed by atoms with Gasteiger partial charge in [-0.3, -0.25) is 4.79 Å². The Bertz CT molecular complexity index is 387. The number of halogens is 2. The zero-order valence-electron chi connectivity index (χ0n) is 8.47. The third kappa shape index (κ3) is 3.48. The number of nitrogens with two attached hydrogens (primary N) is 1. The van der Waals surface area contributed by atoms with Crippen LogP contribution in [0.3, 0.4) is 0 Å². The second-order valence-corrected chi connectivity index (χ2v) is 5.12. The second kappa shape index (κ2) is 4.51. The number of amides is 1. The lowest BCUT2D eigenvalue weighted by Gasteiger charge is -2.18. The van der Waals surface area contributed by atoms with Gasteiger partial charge in [-0.05, 0) is 32.0 Å². The van der Waals surface area contributed by atoms with E-state index in [-0.39, 0.29) is 5.91 Å². The summed E-state index contributed by atoms with van der Waals surface area (Å²) in [6.07, 6.45) is 0. The maximum atomic E-state index is 11.6. The van der Waals surface area contributed by atoms with Crippen molar-refractivity contribution in [3.63, 3.8) is 0 Å². The first-order valence-corrected chi connectivity index (χ1v) is 5.53. The van der Waals surface area contributed by atoms with Gasteiger partial charge in [0.15, 0.2) is 0 Å². The highest BCUT2D eigenvalue weighted by Gasteiger charge is 2.22. The topological polar surface area (TPSA) is 55.1 Å². The van der Waals surface area contributed by atoms with Crippen LogP contribution in [0.25, 0.3) is 0 Å². The third-order valence-electron chi connectivity index (χ3n) is 1.76. The van der Waals surface area contributed by atoms with Gasteiger partial charge in [-0.2, -0.15) is 0 Å². The zero-order valence-corrected chi connectivity index (χ0v) is 10.8. The van der Waals surface area contributed by atoms with E-state index in [1.807, 2.05) is 0 Å². The van der Waals surface area contributed by atoms with Crippen LogP contribution in [0.1, 0.15) is 13.8 Å². The molecule has 0 spiro atoms. The maximum Gasteiger partial charge on any atom is 0.243 e. The molecule has 82 valence electrons. The van der Waals surface area contributed by atoms with Crippen LogP contribution in [0.5, 0.6) is 0 Å². The Morgan fingerprint density at radius 3 is 2.67 bits per heavy atom. The predicted molar refractivity (Wildman–Crippen MR) is 66.0 cm³/mol. The molecular formula is C10H12BrClN2O. The van der Waals surface area contributed by atoms with E-state index in [4.69, 9.17) is 17.3 Å². The Balaban J connectivity index is 2.90. The van der Waals surface area contributed by atoms with E-state index in [0.29, 0.717) is 10.7 Å². The van der Waals surface area contributed by atoms with Crippen molar-refractivity contribution < 1.29 is 4.79 Å². The van der Waals surface area contributed by atoms with Crippen LogP contribution in [-0.4, -0.2) is 11.4 Å². The first kappa shape index (κ1) is 12.5. The number of hydrogen-bond acceptors (Lipinski definition) is 2. The molecule has 0 saturated heterocycles. The standard InChI is InChI=1S/C10H12BrClN2O/c1-10(2,13)9(15)14-8-5-6(11)3-4-7(8)12/h3-5H,13H2,1-2H3,(H,14,15). The molecule has 3 nitrogen and oxygen atoms in total. The summed E-state index contributed by atoms with van der Waals surface area (Å²) in [5.41, 5.74) is 5.27. The summed E-state index contributed by atoms with van der Waals surface area (Å²) in [4.78, 5) is 11.6. The predicted octanol–water partition coefficient (Wildman–Crippen LogP) is 2.78. The van der Waals surface area contributed by atoms with E-state index in [1.54, 1.807) is 32.0 Å². The molecule has 0 aliphatic carbocycles. The Kier molecular flexibility index (Phi) is 3.76. The summed E-state index contributed by atoms with van der Waals surface area (Å²) in [5.74, 6) is -0.275. The van der Waals surface area contributed by atoms with E-state index in [1.165, 1.54) is 0 Å². The van der Waals surface area contributed by atoms with Crippen molar-refractivity contribution in [1.82, 2.24) is 0 Å². The van der Waals surface area contributed by atoms with E-state index < -0.39 is 5.54 Å². The van der Waals surface area contributed by atoms with Crippen LogP contribution in [0.15, 0.2) is 22.7 Å². The zero-order chi connectivity index (χ0) is 11.6. The van der Waals surface area contributed by atoms with Crippen molar-refractivity contribution >= 4 is 39.1 Å². The van der Waals surface area contributed by atoms with Crippen LogP contribution >= 0.6 is 27.5 Å². The van der Waals surface area contributed by atoms with Crippen LogP contribution < -0.4 is 11.1 Å². The summed E-state index contributed by atoms with van der Waals surface area (Å²) < 4.78 is 0.844. The van der Waals surface area contributed by atoms with E-state index in [2.05, 4.69) is 21.2 Å². The van der Waals surface area contributed by atoms with Crippen molar-refractivity contribution in [2.24, 2.45) is 5.73 Å². The molecule has 0 atom stereocenters. The minimum Gasteiger partial charge on any atom is -0.323 e. The highest BCUT2D eigenvalue weighted by atomic mass is 79.9. The molecule has 0 saturated carbocycles. The normalized spacial score (nSPS) is 11.3. The smallest absolute Gasteiger partial charge is 0.243 e. The monoisotopic (exact) mass is 290 g/mol. The molecule has 0 radical (unpaired) electrons. The fourth-order valence-corrected chi connectivity index (χ4v) is 1.40. The molecule has 0 aliphatic rings. The van der Waals surface area contributed by atoms with Crippen LogP contribution in [0.2, 0.25) is 5.02 Å². The van der Waals surface area contributed by atoms with Gasteiger partial charge in [0.1, 0.15) is 0 Å². The highest BCUT2D eigenvalue weighted by molar-refractivity contribution is 9.10. The van der Waals surface area contributed by atoms with Crippen molar-refractivity contribution in [2.75, 3.05) is 5.32 Å². The maximum absolute atomic E-state index is 11.6. The van der Waals surface area contributed by atoms with Gasteiger partial charge in [-0.25, -0.2) is 0 Å². The average molecular weight is 292 g/mol. The first-order chi connectivity index (χ1) is 6.80. The van der Waals surface area contributed by atoms with Crippen molar-refractivity contribution in [3.05, 3.63) is 27.7 Å². The Hall–Kier alpha value is -0.580. The minimum absolute atomic E-state index is 0.275. The number of benzene rings is 1. The molecule has 15 heavy (non-hydrogen) atoms. The molecule has 0 aromatic heterocycles. The molecular weight excluding hydrogens is 279 g/mol. The molecule has 0 heterocycles. The van der Waals surface area contributed by atoms with Gasteiger partial charge >= 0.3 is 0 Å². The number of hydrogen-bond donors (Lipinski definition) is 2. The van der Waals surface area contributed by atoms with Crippen LogP contribution in [0, 0.1) is 0 Å². The number of carbonyl (C=O) groups is 1. The number of rotatable bonds is 2. The van der Waals surface area contributed by atoms with Gasteiger partial charge in [-0.1, -0.05) is 27.5 Å². The summed E-state index contributed by atoms with van der Waals surface area (Å²) in [7, 11) is 0. The number of anilines is 1. The summed E-state index contributed by atoms with van der Waals surface area (Å²) in [6, 6.07) is 5.22.